The summed E-state index contributed by atoms with van der Waals surface area (Å²) in [6.07, 6.45) is 0.349. The highest BCUT2D eigenvalue weighted by Crippen LogP contribution is 2.24. The number of rotatable bonds is 3. The van der Waals surface area contributed by atoms with Crippen molar-refractivity contribution in [2.24, 2.45) is 0 Å². The van der Waals surface area contributed by atoms with Gasteiger partial charge in [-0.25, -0.2) is 17.5 Å². The third-order valence-corrected chi connectivity index (χ3v) is 6.37. The first-order valence-corrected chi connectivity index (χ1v) is 9.71. The van der Waals surface area contributed by atoms with E-state index in [0.29, 0.717) is 17.8 Å². The smallest absolute Gasteiger partial charge is 0.274 e. The third-order valence-electron chi connectivity index (χ3n) is 4.18. The predicted octanol–water partition coefficient (Wildman–Crippen LogP) is 1.68. The van der Waals surface area contributed by atoms with Gasteiger partial charge in [0.15, 0.2) is 15.5 Å². The molecule has 0 saturated carbocycles. The van der Waals surface area contributed by atoms with Crippen LogP contribution in [-0.2, 0) is 9.84 Å². The second-order valence-electron chi connectivity index (χ2n) is 6.39. The molecule has 3 rings (SSSR count). The Bertz CT molecular complexity index is 960. The van der Waals surface area contributed by atoms with Crippen LogP contribution < -0.4 is 5.32 Å². The molecule has 0 aliphatic carbocycles. The molecule has 0 radical (unpaired) electrons. The lowest BCUT2D eigenvalue weighted by Gasteiger charge is -2.23. The number of halogens is 2. The molecule has 1 aromatic heterocycles. The lowest BCUT2D eigenvalue weighted by Crippen LogP contribution is -2.47. The maximum absolute atomic E-state index is 13.3. The number of sulfone groups is 1. The highest BCUT2D eigenvalue weighted by molar-refractivity contribution is 7.91. The number of amides is 1. The Morgan fingerprint density at radius 3 is 2.76 bits per heavy atom. The van der Waals surface area contributed by atoms with Crippen LogP contribution in [0, 0.1) is 12.7 Å². The van der Waals surface area contributed by atoms with Crippen molar-refractivity contribution in [2.45, 2.75) is 25.8 Å². The Hall–Kier alpha value is -2.00. The van der Waals surface area contributed by atoms with E-state index in [9.17, 15) is 17.6 Å². The Labute approximate surface area is 149 Å². The minimum Gasteiger partial charge on any atom is -0.344 e. The predicted molar refractivity (Wildman–Crippen MR) is 90.2 cm³/mol. The van der Waals surface area contributed by atoms with E-state index in [1.807, 2.05) is 0 Å². The van der Waals surface area contributed by atoms with Gasteiger partial charge in [-0.15, -0.1) is 5.10 Å². The fourth-order valence-corrected chi connectivity index (χ4v) is 5.11. The highest BCUT2D eigenvalue weighted by atomic mass is 35.5. The summed E-state index contributed by atoms with van der Waals surface area (Å²) in [5.74, 6) is -1.12. The molecule has 1 aliphatic rings. The molecule has 7 nitrogen and oxygen atoms in total. The molecule has 10 heteroatoms. The molecule has 1 aromatic carbocycles. The largest absolute Gasteiger partial charge is 0.344 e. The van der Waals surface area contributed by atoms with Gasteiger partial charge < -0.3 is 5.32 Å². The normalized spacial score (nSPS) is 22.1. The minimum absolute atomic E-state index is 0.0452. The molecule has 25 heavy (non-hydrogen) atoms. The first-order chi connectivity index (χ1) is 11.6. The number of nitrogens with zero attached hydrogens (tertiary/aromatic N) is 3. The van der Waals surface area contributed by atoms with Crippen molar-refractivity contribution in [1.82, 2.24) is 20.3 Å². The maximum atomic E-state index is 13.3. The van der Waals surface area contributed by atoms with E-state index in [-0.39, 0.29) is 22.2 Å². The number of aromatic nitrogens is 3. The summed E-state index contributed by atoms with van der Waals surface area (Å²) in [7, 11) is -3.14. The van der Waals surface area contributed by atoms with Gasteiger partial charge in [0.2, 0.25) is 0 Å². The SMILES string of the molecule is Cc1c(C(=O)NC2(C)CCS(=O)(=O)C2)nnn1-c1ccc(F)c(Cl)c1. The Morgan fingerprint density at radius 2 is 2.16 bits per heavy atom. The van der Waals surface area contributed by atoms with Gasteiger partial charge in [-0.2, -0.15) is 0 Å². The third kappa shape index (κ3) is 3.52. The zero-order valence-electron chi connectivity index (χ0n) is 13.6. The lowest BCUT2D eigenvalue weighted by atomic mass is 10.0. The monoisotopic (exact) mass is 386 g/mol. The summed E-state index contributed by atoms with van der Waals surface area (Å²) >= 11 is 5.77. The molecule has 1 amide bonds. The van der Waals surface area contributed by atoms with Crippen LogP contribution in [0.1, 0.15) is 29.5 Å². The van der Waals surface area contributed by atoms with E-state index < -0.39 is 27.1 Å². The number of hydrogen-bond acceptors (Lipinski definition) is 5. The van der Waals surface area contributed by atoms with Crippen LogP contribution >= 0.6 is 11.6 Å². The van der Waals surface area contributed by atoms with Crippen molar-refractivity contribution >= 4 is 27.3 Å². The maximum Gasteiger partial charge on any atom is 0.274 e. The van der Waals surface area contributed by atoms with Crippen molar-refractivity contribution < 1.29 is 17.6 Å². The second kappa shape index (κ2) is 6.06. The number of carbonyl (C=O) groups is 1. The molecule has 2 heterocycles. The topological polar surface area (TPSA) is 93.9 Å². The van der Waals surface area contributed by atoms with E-state index >= 15 is 0 Å². The molecular weight excluding hydrogens is 371 g/mol. The van der Waals surface area contributed by atoms with Crippen LogP contribution in [0.4, 0.5) is 4.39 Å². The summed E-state index contributed by atoms with van der Waals surface area (Å²) in [5.41, 5.74) is 0.145. The van der Waals surface area contributed by atoms with Gasteiger partial charge in [0.1, 0.15) is 5.82 Å². The summed E-state index contributed by atoms with van der Waals surface area (Å²) in [6, 6.07) is 4.05. The number of hydrogen-bond donors (Lipinski definition) is 1. The minimum atomic E-state index is -3.14. The molecule has 1 atom stereocenters. The molecule has 1 saturated heterocycles. The highest BCUT2D eigenvalue weighted by Gasteiger charge is 2.40. The molecule has 0 bridgehead atoms. The first kappa shape index (κ1) is 17.8. The Balaban J connectivity index is 1.86. The van der Waals surface area contributed by atoms with Gasteiger partial charge in [-0.3, -0.25) is 4.79 Å². The van der Waals surface area contributed by atoms with Gasteiger partial charge in [0.25, 0.3) is 5.91 Å². The van der Waals surface area contributed by atoms with Gasteiger partial charge in [-0.05, 0) is 38.5 Å². The van der Waals surface area contributed by atoms with Crippen molar-refractivity contribution in [3.8, 4) is 5.69 Å². The number of benzene rings is 1. The summed E-state index contributed by atoms with van der Waals surface area (Å²) < 4.78 is 38.0. The van der Waals surface area contributed by atoms with E-state index in [2.05, 4.69) is 15.6 Å². The van der Waals surface area contributed by atoms with E-state index in [0.717, 1.165) is 0 Å². The molecule has 1 unspecified atom stereocenters. The number of carbonyl (C=O) groups excluding carboxylic acids is 1. The summed E-state index contributed by atoms with van der Waals surface area (Å²) in [6.45, 7) is 3.33. The Kier molecular flexibility index (Phi) is 4.32. The summed E-state index contributed by atoms with van der Waals surface area (Å²) in [5, 5.41) is 10.4. The van der Waals surface area contributed by atoms with E-state index in [1.54, 1.807) is 13.8 Å². The molecule has 0 spiro atoms. The van der Waals surface area contributed by atoms with Crippen LogP contribution in [0.15, 0.2) is 18.2 Å². The van der Waals surface area contributed by atoms with Gasteiger partial charge in [0.05, 0.1) is 33.4 Å². The van der Waals surface area contributed by atoms with Crippen LogP contribution in [0.2, 0.25) is 5.02 Å². The van der Waals surface area contributed by atoms with Gasteiger partial charge in [0, 0.05) is 0 Å². The standard InChI is InChI=1S/C15H16ClFN4O3S/c1-9-13(14(22)18-15(2)5-6-25(23,24)8-15)19-20-21(9)10-3-4-12(17)11(16)7-10/h3-4,7H,5-6,8H2,1-2H3,(H,18,22). The van der Waals surface area contributed by atoms with Gasteiger partial charge in [-0.1, -0.05) is 16.8 Å². The quantitative estimate of drug-likeness (QED) is 0.866. The average molecular weight is 387 g/mol. The lowest BCUT2D eigenvalue weighted by molar-refractivity contribution is 0.0909. The van der Waals surface area contributed by atoms with Gasteiger partial charge >= 0.3 is 0 Å². The fraction of sp³-hybridized carbons (Fsp3) is 0.400. The first-order valence-electron chi connectivity index (χ1n) is 7.51. The van der Waals surface area contributed by atoms with Crippen LogP contribution in [0.5, 0.6) is 0 Å². The van der Waals surface area contributed by atoms with Crippen molar-refractivity contribution in [3.63, 3.8) is 0 Å². The molecule has 1 N–H and O–H groups in total. The molecule has 134 valence electrons. The zero-order chi connectivity index (χ0) is 18.4. The molecule has 1 aliphatic heterocycles. The van der Waals surface area contributed by atoms with Crippen molar-refractivity contribution in [2.75, 3.05) is 11.5 Å². The molecule has 2 aromatic rings. The van der Waals surface area contributed by atoms with E-state index in [4.69, 9.17) is 11.6 Å². The van der Waals surface area contributed by atoms with Crippen LogP contribution in [-0.4, -0.2) is 46.4 Å². The van der Waals surface area contributed by atoms with Crippen LogP contribution in [0.3, 0.4) is 0 Å². The van der Waals surface area contributed by atoms with Crippen molar-refractivity contribution in [1.29, 1.82) is 0 Å². The fourth-order valence-electron chi connectivity index (χ4n) is 2.84. The number of nitrogens with one attached hydrogen (secondary N) is 1. The molecule has 1 fully saturated rings. The zero-order valence-corrected chi connectivity index (χ0v) is 15.2. The second-order valence-corrected chi connectivity index (χ2v) is 8.98. The van der Waals surface area contributed by atoms with Crippen molar-refractivity contribution in [3.05, 3.63) is 40.4 Å². The van der Waals surface area contributed by atoms with E-state index in [1.165, 1.54) is 22.9 Å². The molecular formula is C15H16ClFN4O3S. The Morgan fingerprint density at radius 1 is 1.44 bits per heavy atom. The average Bonchev–Trinajstić information content (AvgIpc) is 3.02. The summed E-state index contributed by atoms with van der Waals surface area (Å²) in [4.78, 5) is 12.5. The van der Waals surface area contributed by atoms with Crippen LogP contribution in [0.25, 0.3) is 5.69 Å².